The van der Waals surface area contributed by atoms with Gasteiger partial charge in [-0.25, -0.2) is 9.97 Å². The molecule has 2 aromatic carbocycles. The molecule has 1 saturated heterocycles. The van der Waals surface area contributed by atoms with Gasteiger partial charge < -0.3 is 34.5 Å². The fraction of sp³-hybridized carbons (Fsp3) is 0.417. The molecule has 0 spiro atoms. The van der Waals surface area contributed by atoms with E-state index in [1.165, 1.54) is 0 Å². The van der Waals surface area contributed by atoms with E-state index in [1.807, 2.05) is 19.2 Å². The molecule has 0 atom stereocenters. The molecular formula is C36H45N7O3. The SMILES string of the molecule is CCc1cccc(CC)c1NC(=O)c1c2c(n(COC)c1C)-c1nc(Nc3ccc(N4CCN(C)CC4)cc3OC)ncc1CC2. The van der Waals surface area contributed by atoms with Crippen molar-refractivity contribution in [3.63, 3.8) is 0 Å². The van der Waals surface area contributed by atoms with Gasteiger partial charge in [-0.3, -0.25) is 4.79 Å². The summed E-state index contributed by atoms with van der Waals surface area (Å²) in [5.74, 6) is 1.10. The van der Waals surface area contributed by atoms with E-state index in [-0.39, 0.29) is 5.91 Å². The molecule has 2 N–H and O–H groups in total. The smallest absolute Gasteiger partial charge is 0.257 e. The number of hydrogen-bond donors (Lipinski definition) is 2. The van der Waals surface area contributed by atoms with Gasteiger partial charge in [0.25, 0.3) is 5.91 Å². The first-order valence-corrected chi connectivity index (χ1v) is 16.2. The normalized spacial score (nSPS) is 14.5. The number of fused-ring (bicyclic) bond motifs is 3. The Balaban J connectivity index is 1.34. The second-order valence-corrected chi connectivity index (χ2v) is 12.1. The lowest BCUT2D eigenvalue weighted by Gasteiger charge is -2.34. The second-order valence-electron chi connectivity index (χ2n) is 12.1. The van der Waals surface area contributed by atoms with E-state index >= 15 is 0 Å². The van der Waals surface area contributed by atoms with Crippen molar-refractivity contribution >= 4 is 28.9 Å². The van der Waals surface area contributed by atoms with Crippen LogP contribution in [0.1, 0.15) is 52.2 Å². The summed E-state index contributed by atoms with van der Waals surface area (Å²) in [5, 5.41) is 6.70. The highest BCUT2D eigenvalue weighted by Gasteiger charge is 2.31. The summed E-state index contributed by atoms with van der Waals surface area (Å²) in [4.78, 5) is 28.5. The van der Waals surface area contributed by atoms with Crippen molar-refractivity contribution in [3.05, 3.63) is 76.1 Å². The molecule has 1 aliphatic heterocycles. The zero-order chi connectivity index (χ0) is 32.4. The Kier molecular flexibility index (Phi) is 9.28. The summed E-state index contributed by atoms with van der Waals surface area (Å²) < 4.78 is 13.5. The van der Waals surface area contributed by atoms with E-state index in [4.69, 9.17) is 14.5 Å². The first-order chi connectivity index (χ1) is 22.4. The van der Waals surface area contributed by atoms with Crippen molar-refractivity contribution in [2.75, 3.05) is 63.0 Å². The fourth-order valence-corrected chi connectivity index (χ4v) is 6.77. The van der Waals surface area contributed by atoms with Crippen LogP contribution in [0.2, 0.25) is 0 Å². The number of anilines is 4. The maximum absolute atomic E-state index is 14.1. The number of nitrogens with zero attached hydrogens (tertiary/aromatic N) is 5. The Morgan fingerprint density at radius 1 is 1.00 bits per heavy atom. The summed E-state index contributed by atoms with van der Waals surface area (Å²) in [6, 6.07) is 12.5. The van der Waals surface area contributed by atoms with Gasteiger partial charge >= 0.3 is 0 Å². The van der Waals surface area contributed by atoms with Crippen molar-refractivity contribution in [1.29, 1.82) is 0 Å². The number of likely N-dealkylation sites (N-methyl/N-ethyl adjacent to an activating group) is 1. The molecular weight excluding hydrogens is 578 g/mol. The molecule has 3 heterocycles. The standard InChI is InChI=1S/C36H45N7O3/c1-7-24-10-9-11-25(8-2)32(24)39-35(44)31-23(3)43(22-45-5)34-28(31)14-12-26-21-37-36(40-33(26)34)38-29-15-13-27(20-30(29)46-6)42-18-16-41(4)17-19-42/h9-11,13,15,20-21H,7-8,12,14,16-19,22H2,1-6H3,(H,39,44)(H,37,38,40). The molecule has 2 aromatic heterocycles. The van der Waals surface area contributed by atoms with Crippen LogP contribution in [0.3, 0.4) is 0 Å². The van der Waals surface area contributed by atoms with Crippen LogP contribution in [-0.4, -0.2) is 72.8 Å². The van der Waals surface area contributed by atoms with Crippen LogP contribution < -0.4 is 20.3 Å². The number of hydrogen-bond acceptors (Lipinski definition) is 8. The number of carbonyl (C=O) groups is 1. The number of para-hydroxylation sites is 1. The molecule has 0 radical (unpaired) electrons. The van der Waals surface area contributed by atoms with E-state index in [0.29, 0.717) is 18.2 Å². The lowest BCUT2D eigenvalue weighted by molar-refractivity contribution is 0.102. The van der Waals surface area contributed by atoms with Gasteiger partial charge in [0.05, 0.1) is 29.7 Å². The predicted octanol–water partition coefficient (Wildman–Crippen LogP) is 5.84. The maximum atomic E-state index is 14.1. The van der Waals surface area contributed by atoms with Crippen LogP contribution in [-0.2, 0) is 37.2 Å². The highest BCUT2D eigenvalue weighted by atomic mass is 16.5. The predicted molar refractivity (Wildman–Crippen MR) is 184 cm³/mol. The molecule has 1 aliphatic carbocycles. The largest absolute Gasteiger partial charge is 0.494 e. The number of nitrogens with one attached hydrogen (secondary N) is 2. The monoisotopic (exact) mass is 623 g/mol. The molecule has 242 valence electrons. The number of carbonyl (C=O) groups excluding carboxylic acids is 1. The van der Waals surface area contributed by atoms with E-state index in [1.54, 1.807) is 14.2 Å². The average Bonchev–Trinajstić information content (AvgIpc) is 3.36. The van der Waals surface area contributed by atoms with E-state index < -0.39 is 0 Å². The van der Waals surface area contributed by atoms with Gasteiger partial charge in [0, 0.05) is 62.6 Å². The number of aromatic nitrogens is 3. The van der Waals surface area contributed by atoms with Gasteiger partial charge in [0.15, 0.2) is 0 Å². The van der Waals surface area contributed by atoms with Crippen LogP contribution in [0, 0.1) is 6.92 Å². The molecule has 6 rings (SSSR count). The Morgan fingerprint density at radius 3 is 2.41 bits per heavy atom. The van der Waals surface area contributed by atoms with Crippen LogP contribution in [0.15, 0.2) is 42.6 Å². The number of amides is 1. The third-order valence-corrected chi connectivity index (χ3v) is 9.38. The molecule has 1 fully saturated rings. The molecule has 2 aliphatic rings. The Morgan fingerprint density at radius 2 is 1.74 bits per heavy atom. The molecule has 0 saturated carbocycles. The summed E-state index contributed by atoms with van der Waals surface area (Å²) >= 11 is 0. The van der Waals surface area contributed by atoms with Crippen LogP contribution in [0.4, 0.5) is 23.0 Å². The summed E-state index contributed by atoms with van der Waals surface area (Å²) in [7, 11) is 5.51. The molecule has 4 aromatic rings. The lowest BCUT2D eigenvalue weighted by atomic mass is 9.92. The third kappa shape index (κ3) is 5.94. The first kappa shape index (κ1) is 31.6. The summed E-state index contributed by atoms with van der Waals surface area (Å²) in [6.07, 6.45) is 5.04. The second kappa shape index (κ2) is 13.5. The zero-order valence-electron chi connectivity index (χ0n) is 27.9. The molecule has 10 nitrogen and oxygen atoms in total. The van der Waals surface area contributed by atoms with Crippen molar-refractivity contribution < 1.29 is 14.3 Å². The van der Waals surface area contributed by atoms with Crippen LogP contribution in [0.5, 0.6) is 5.75 Å². The molecule has 0 bridgehead atoms. The third-order valence-electron chi connectivity index (χ3n) is 9.38. The highest BCUT2D eigenvalue weighted by molar-refractivity contribution is 6.08. The van der Waals surface area contributed by atoms with Crippen molar-refractivity contribution in [3.8, 4) is 17.1 Å². The Hall–Kier alpha value is -4.41. The first-order valence-electron chi connectivity index (χ1n) is 16.2. The van der Waals surface area contributed by atoms with Gasteiger partial charge in [-0.1, -0.05) is 32.0 Å². The van der Waals surface area contributed by atoms with Crippen molar-refractivity contribution in [1.82, 2.24) is 19.4 Å². The number of piperazine rings is 1. The molecule has 46 heavy (non-hydrogen) atoms. The number of ether oxygens (including phenoxy) is 2. The lowest BCUT2D eigenvalue weighted by Crippen LogP contribution is -2.44. The zero-order valence-corrected chi connectivity index (χ0v) is 27.9. The van der Waals surface area contributed by atoms with Crippen molar-refractivity contribution in [2.24, 2.45) is 0 Å². The Labute approximate surface area is 271 Å². The minimum atomic E-state index is -0.0970. The van der Waals surface area contributed by atoms with Crippen molar-refractivity contribution in [2.45, 2.75) is 53.2 Å². The van der Waals surface area contributed by atoms with E-state index in [9.17, 15) is 4.79 Å². The minimum absolute atomic E-state index is 0.0970. The highest BCUT2D eigenvalue weighted by Crippen LogP contribution is 2.39. The van der Waals surface area contributed by atoms with Gasteiger partial charge in [-0.05, 0) is 74.0 Å². The van der Waals surface area contributed by atoms with Crippen LogP contribution >= 0.6 is 0 Å². The molecule has 1 amide bonds. The number of aryl methyl sites for hydroxylation is 3. The van der Waals surface area contributed by atoms with Gasteiger partial charge in [0.2, 0.25) is 5.95 Å². The van der Waals surface area contributed by atoms with Gasteiger partial charge in [0.1, 0.15) is 12.5 Å². The number of rotatable bonds is 10. The van der Waals surface area contributed by atoms with Crippen LogP contribution in [0.25, 0.3) is 11.4 Å². The maximum Gasteiger partial charge on any atom is 0.257 e. The quantitative estimate of drug-likeness (QED) is 0.228. The van der Waals surface area contributed by atoms with E-state index in [0.717, 1.165) is 114 Å². The van der Waals surface area contributed by atoms with Gasteiger partial charge in [-0.2, -0.15) is 0 Å². The molecule has 10 heteroatoms. The summed E-state index contributed by atoms with van der Waals surface area (Å²) in [5.41, 5.74) is 10.4. The Bertz CT molecular complexity index is 1720. The number of methoxy groups -OCH3 is 2. The van der Waals surface area contributed by atoms with E-state index in [2.05, 4.69) is 81.2 Å². The van der Waals surface area contributed by atoms with Gasteiger partial charge in [-0.15, -0.1) is 0 Å². The fourth-order valence-electron chi connectivity index (χ4n) is 6.77. The average molecular weight is 624 g/mol. The number of benzene rings is 2. The molecule has 0 unspecified atom stereocenters. The topological polar surface area (TPSA) is 96.8 Å². The minimum Gasteiger partial charge on any atom is -0.494 e. The summed E-state index contributed by atoms with van der Waals surface area (Å²) in [6.45, 7) is 10.6.